The van der Waals surface area contributed by atoms with Gasteiger partial charge in [-0.2, -0.15) is 0 Å². The van der Waals surface area contributed by atoms with Crippen LogP contribution in [0.5, 0.6) is 5.75 Å². The third-order valence-corrected chi connectivity index (χ3v) is 3.85. The monoisotopic (exact) mass is 308 g/mol. The van der Waals surface area contributed by atoms with Crippen molar-refractivity contribution in [1.29, 1.82) is 0 Å². The van der Waals surface area contributed by atoms with Gasteiger partial charge in [-0.25, -0.2) is 4.79 Å². The third kappa shape index (κ3) is 3.34. The smallest absolute Gasteiger partial charge is 0.406 e. The Labute approximate surface area is 124 Å². The summed E-state index contributed by atoms with van der Waals surface area (Å²) < 4.78 is 5.42. The van der Waals surface area contributed by atoms with Crippen LogP contribution in [0.3, 0.4) is 0 Å². The fourth-order valence-corrected chi connectivity index (χ4v) is 2.57. The van der Waals surface area contributed by atoms with Crippen molar-refractivity contribution in [2.75, 3.05) is 0 Å². The first-order valence-corrected chi connectivity index (χ1v) is 6.77. The number of nitrogens with zero attached hydrogens (tertiary/aromatic N) is 2. The number of hydrogen-bond donors (Lipinski definition) is 1. The average Bonchev–Trinajstić information content (AvgIpc) is 2.79. The Morgan fingerprint density at radius 3 is 2.76 bits per heavy atom. The Bertz CT molecular complexity index is 711. The van der Waals surface area contributed by atoms with E-state index in [1.54, 1.807) is 19.9 Å². The lowest BCUT2D eigenvalue weighted by molar-refractivity contribution is -0.390. The molecule has 110 valence electrons. The lowest BCUT2D eigenvalue weighted by Gasteiger charge is -2.06. The number of thiophene rings is 1. The molecule has 0 radical (unpaired) electrons. The SMILES string of the molecule is Cc1ccc(OCc2cc(C(=O)O)sc2C)c([N+](=O)[O-])n1. The molecule has 0 atom stereocenters. The van der Waals surface area contributed by atoms with Gasteiger partial charge in [-0.15, -0.1) is 11.3 Å². The van der Waals surface area contributed by atoms with Crippen LogP contribution >= 0.6 is 11.3 Å². The van der Waals surface area contributed by atoms with Crippen LogP contribution in [-0.2, 0) is 6.61 Å². The Hall–Kier alpha value is -2.48. The van der Waals surface area contributed by atoms with Crippen molar-refractivity contribution >= 4 is 23.1 Å². The molecule has 21 heavy (non-hydrogen) atoms. The third-order valence-electron chi connectivity index (χ3n) is 2.77. The van der Waals surface area contributed by atoms with Crippen LogP contribution in [-0.4, -0.2) is 21.0 Å². The maximum absolute atomic E-state index is 10.9. The summed E-state index contributed by atoms with van der Waals surface area (Å²) in [5, 5.41) is 19.9. The van der Waals surface area contributed by atoms with Crippen molar-refractivity contribution in [3.05, 3.63) is 49.3 Å². The quantitative estimate of drug-likeness (QED) is 0.673. The van der Waals surface area contributed by atoms with Gasteiger partial charge in [0.15, 0.2) is 0 Å². The highest BCUT2D eigenvalue weighted by Crippen LogP contribution is 2.27. The van der Waals surface area contributed by atoms with Gasteiger partial charge in [-0.1, -0.05) is 0 Å². The molecule has 2 aromatic heterocycles. The Morgan fingerprint density at radius 2 is 2.19 bits per heavy atom. The Morgan fingerprint density at radius 1 is 1.48 bits per heavy atom. The number of pyridine rings is 1. The van der Waals surface area contributed by atoms with Gasteiger partial charge in [-0.05, 0) is 35.0 Å². The van der Waals surface area contributed by atoms with E-state index in [4.69, 9.17) is 9.84 Å². The van der Waals surface area contributed by atoms with Crippen LogP contribution in [0.1, 0.15) is 25.8 Å². The zero-order valence-corrected chi connectivity index (χ0v) is 12.1. The van der Waals surface area contributed by atoms with Crippen LogP contribution in [0.2, 0.25) is 0 Å². The van der Waals surface area contributed by atoms with Gasteiger partial charge in [0.05, 0.1) is 0 Å². The minimum Gasteiger partial charge on any atom is -0.481 e. The molecule has 0 aliphatic heterocycles. The largest absolute Gasteiger partial charge is 0.481 e. The van der Waals surface area contributed by atoms with Gasteiger partial charge in [-0.3, -0.25) is 0 Å². The topological polar surface area (TPSA) is 103 Å². The number of aryl methyl sites for hydroxylation is 2. The molecule has 0 amide bonds. The number of nitro groups is 1. The summed E-state index contributed by atoms with van der Waals surface area (Å²) in [6.45, 7) is 3.48. The maximum atomic E-state index is 10.9. The van der Waals surface area contributed by atoms with Crippen molar-refractivity contribution in [2.24, 2.45) is 0 Å². The molecule has 0 saturated carbocycles. The van der Waals surface area contributed by atoms with Crippen LogP contribution in [0, 0.1) is 24.0 Å². The highest BCUT2D eigenvalue weighted by atomic mass is 32.1. The molecular formula is C13H12N2O5S. The average molecular weight is 308 g/mol. The molecule has 0 unspecified atom stereocenters. The molecule has 0 bridgehead atoms. The van der Waals surface area contributed by atoms with Crippen molar-refractivity contribution in [3.8, 4) is 5.75 Å². The molecule has 2 rings (SSSR count). The molecular weight excluding hydrogens is 296 g/mol. The van der Waals surface area contributed by atoms with E-state index in [0.29, 0.717) is 11.3 Å². The number of rotatable bonds is 5. The van der Waals surface area contributed by atoms with E-state index in [1.807, 2.05) is 0 Å². The van der Waals surface area contributed by atoms with E-state index in [1.165, 1.54) is 12.1 Å². The number of carboxylic acid groups (broad SMARTS) is 1. The van der Waals surface area contributed by atoms with Gasteiger partial charge in [0.25, 0.3) is 0 Å². The summed E-state index contributed by atoms with van der Waals surface area (Å²) in [7, 11) is 0. The molecule has 1 N–H and O–H groups in total. The molecule has 8 heteroatoms. The Balaban J connectivity index is 2.20. The first-order valence-electron chi connectivity index (χ1n) is 5.96. The van der Waals surface area contributed by atoms with Crippen LogP contribution < -0.4 is 4.74 Å². The summed E-state index contributed by atoms with van der Waals surface area (Å²) in [4.78, 5) is 26.1. The van der Waals surface area contributed by atoms with E-state index in [-0.39, 0.29) is 23.1 Å². The normalized spacial score (nSPS) is 10.4. The van der Waals surface area contributed by atoms with E-state index in [2.05, 4.69) is 4.98 Å². The van der Waals surface area contributed by atoms with E-state index in [9.17, 15) is 14.9 Å². The standard InChI is InChI=1S/C13H12N2O5S/c1-7-3-4-10(12(14-7)15(18)19)20-6-9-5-11(13(16)17)21-8(9)2/h3-5H,6H2,1-2H3,(H,16,17). The summed E-state index contributed by atoms with van der Waals surface area (Å²) >= 11 is 1.14. The molecule has 0 aliphatic rings. The first kappa shape index (κ1) is 14.9. The predicted octanol–water partition coefficient (Wildman–Crippen LogP) is 2.95. The lowest BCUT2D eigenvalue weighted by Crippen LogP contribution is -2.02. The summed E-state index contributed by atoms with van der Waals surface area (Å²) in [5.41, 5.74) is 1.21. The number of carbonyl (C=O) groups is 1. The molecule has 0 aliphatic carbocycles. The fraction of sp³-hybridized carbons (Fsp3) is 0.231. The lowest BCUT2D eigenvalue weighted by atomic mass is 10.2. The van der Waals surface area contributed by atoms with Crippen LogP contribution in [0.4, 0.5) is 5.82 Å². The predicted molar refractivity (Wildman–Crippen MR) is 76.0 cm³/mol. The maximum Gasteiger partial charge on any atom is 0.406 e. The molecule has 0 saturated heterocycles. The van der Waals surface area contributed by atoms with Gasteiger partial charge in [0.1, 0.15) is 17.2 Å². The molecule has 0 fully saturated rings. The molecule has 0 spiro atoms. The second-order valence-corrected chi connectivity index (χ2v) is 5.57. The van der Waals surface area contributed by atoms with E-state index in [0.717, 1.165) is 16.2 Å². The van der Waals surface area contributed by atoms with E-state index < -0.39 is 10.9 Å². The molecule has 2 aromatic rings. The molecule has 2 heterocycles. The van der Waals surface area contributed by atoms with Crippen molar-refractivity contribution in [1.82, 2.24) is 4.98 Å². The summed E-state index contributed by atoms with van der Waals surface area (Å²) in [6.07, 6.45) is 0. The summed E-state index contributed by atoms with van der Waals surface area (Å²) in [5.74, 6) is -1.29. The second-order valence-electron chi connectivity index (χ2n) is 4.32. The molecule has 7 nitrogen and oxygen atoms in total. The van der Waals surface area contributed by atoms with Gasteiger partial charge in [0, 0.05) is 17.4 Å². The van der Waals surface area contributed by atoms with Gasteiger partial charge >= 0.3 is 11.8 Å². The highest BCUT2D eigenvalue weighted by Gasteiger charge is 2.18. The minimum atomic E-state index is -1.00. The Kier molecular flexibility index (Phi) is 4.18. The van der Waals surface area contributed by atoms with Gasteiger partial charge in [0.2, 0.25) is 5.75 Å². The zero-order valence-electron chi connectivity index (χ0n) is 11.3. The number of carboxylic acids is 1. The molecule has 0 aromatic carbocycles. The number of ether oxygens (including phenoxy) is 1. The van der Waals surface area contributed by atoms with Crippen LogP contribution in [0.15, 0.2) is 18.2 Å². The second kappa shape index (κ2) is 5.88. The van der Waals surface area contributed by atoms with Crippen molar-refractivity contribution in [2.45, 2.75) is 20.5 Å². The van der Waals surface area contributed by atoms with Gasteiger partial charge < -0.3 is 20.0 Å². The first-order chi connectivity index (χ1) is 9.88. The number of hydrogen-bond acceptors (Lipinski definition) is 6. The van der Waals surface area contributed by atoms with E-state index >= 15 is 0 Å². The highest BCUT2D eigenvalue weighted by molar-refractivity contribution is 7.14. The minimum absolute atomic E-state index is 0.0567. The number of aromatic carboxylic acids is 1. The number of aromatic nitrogens is 1. The van der Waals surface area contributed by atoms with Crippen molar-refractivity contribution in [3.63, 3.8) is 0 Å². The van der Waals surface area contributed by atoms with Crippen molar-refractivity contribution < 1.29 is 19.6 Å². The van der Waals surface area contributed by atoms with Crippen LogP contribution in [0.25, 0.3) is 0 Å². The fourth-order valence-electron chi connectivity index (χ4n) is 1.70. The summed E-state index contributed by atoms with van der Waals surface area (Å²) in [6, 6.07) is 4.61. The zero-order chi connectivity index (χ0) is 15.6.